The predicted octanol–water partition coefficient (Wildman–Crippen LogP) is -2.76. The van der Waals surface area contributed by atoms with E-state index in [9.17, 15) is 19.2 Å². The molecule has 0 fully saturated rings. The number of aromatic nitrogens is 2. The Labute approximate surface area is 93.1 Å². The number of carboxylic acid groups (broad SMARTS) is 1. The molecule has 1 amide bonds. The lowest BCUT2D eigenvalue weighted by Gasteiger charge is -2.06. The first-order valence-electron chi connectivity index (χ1n) is 4.43. The molecular formula is C8H9N3O6. The summed E-state index contributed by atoms with van der Waals surface area (Å²) in [5.41, 5.74) is -1.95. The Bertz CT molecular complexity index is 516. The summed E-state index contributed by atoms with van der Waals surface area (Å²) in [5, 5.41) is 19.3. The van der Waals surface area contributed by atoms with Crippen LogP contribution in [0.4, 0.5) is 0 Å². The SMILES string of the molecule is O=C(NCC(O)C(=O)O)c1cc(=O)[nH]c(=O)[nH]1. The minimum atomic E-state index is -1.76. The monoisotopic (exact) mass is 243 g/mol. The zero-order valence-electron chi connectivity index (χ0n) is 8.39. The van der Waals surface area contributed by atoms with Gasteiger partial charge in [0.05, 0.1) is 6.54 Å². The van der Waals surface area contributed by atoms with Crippen LogP contribution in [0.5, 0.6) is 0 Å². The molecule has 1 heterocycles. The van der Waals surface area contributed by atoms with E-state index in [0.717, 1.165) is 6.07 Å². The van der Waals surface area contributed by atoms with Gasteiger partial charge in [-0.15, -0.1) is 0 Å². The number of aliphatic hydroxyl groups is 1. The van der Waals surface area contributed by atoms with E-state index in [1.807, 2.05) is 15.3 Å². The third kappa shape index (κ3) is 3.57. The summed E-state index contributed by atoms with van der Waals surface area (Å²) in [6.07, 6.45) is -1.76. The zero-order valence-corrected chi connectivity index (χ0v) is 8.39. The van der Waals surface area contributed by atoms with Crippen molar-refractivity contribution in [3.63, 3.8) is 0 Å². The summed E-state index contributed by atoms with van der Waals surface area (Å²) in [6, 6.07) is 0.837. The van der Waals surface area contributed by atoms with Crippen molar-refractivity contribution in [2.24, 2.45) is 0 Å². The minimum absolute atomic E-state index is 0.323. The molecule has 9 nitrogen and oxygen atoms in total. The van der Waals surface area contributed by atoms with Crippen LogP contribution in [0.25, 0.3) is 0 Å². The molecule has 0 saturated carbocycles. The Hall–Kier alpha value is -2.42. The smallest absolute Gasteiger partial charge is 0.334 e. The zero-order chi connectivity index (χ0) is 13.0. The molecule has 1 rings (SSSR count). The molecule has 5 N–H and O–H groups in total. The highest BCUT2D eigenvalue weighted by molar-refractivity contribution is 5.92. The van der Waals surface area contributed by atoms with Crippen molar-refractivity contribution in [1.82, 2.24) is 15.3 Å². The van der Waals surface area contributed by atoms with Crippen LogP contribution in [0.3, 0.4) is 0 Å². The number of aromatic amines is 2. The summed E-state index contributed by atoms with van der Waals surface area (Å²) in [6.45, 7) is -0.539. The summed E-state index contributed by atoms with van der Waals surface area (Å²) in [7, 11) is 0. The van der Waals surface area contributed by atoms with Gasteiger partial charge in [-0.3, -0.25) is 14.6 Å². The van der Waals surface area contributed by atoms with E-state index in [2.05, 4.69) is 0 Å². The van der Waals surface area contributed by atoms with Crippen LogP contribution in [0.1, 0.15) is 10.5 Å². The van der Waals surface area contributed by atoms with Gasteiger partial charge in [-0.2, -0.15) is 0 Å². The molecule has 17 heavy (non-hydrogen) atoms. The Morgan fingerprint density at radius 3 is 2.53 bits per heavy atom. The van der Waals surface area contributed by atoms with Gasteiger partial charge in [-0.05, 0) is 0 Å². The van der Waals surface area contributed by atoms with Gasteiger partial charge in [0.25, 0.3) is 11.5 Å². The fraction of sp³-hybridized carbons (Fsp3) is 0.250. The molecule has 0 radical (unpaired) electrons. The lowest BCUT2D eigenvalue weighted by molar-refractivity contribution is -0.146. The van der Waals surface area contributed by atoms with Gasteiger partial charge < -0.3 is 20.5 Å². The maximum absolute atomic E-state index is 11.3. The lowest BCUT2D eigenvalue weighted by atomic mass is 10.3. The van der Waals surface area contributed by atoms with Crippen molar-refractivity contribution < 1.29 is 19.8 Å². The van der Waals surface area contributed by atoms with Gasteiger partial charge in [0.1, 0.15) is 5.69 Å². The minimum Gasteiger partial charge on any atom is -0.479 e. The van der Waals surface area contributed by atoms with Gasteiger partial charge in [0.15, 0.2) is 6.10 Å². The van der Waals surface area contributed by atoms with Crippen molar-refractivity contribution in [2.45, 2.75) is 6.10 Å². The van der Waals surface area contributed by atoms with Gasteiger partial charge >= 0.3 is 11.7 Å². The number of hydrogen-bond donors (Lipinski definition) is 5. The van der Waals surface area contributed by atoms with Crippen molar-refractivity contribution in [2.75, 3.05) is 6.54 Å². The second-order valence-electron chi connectivity index (χ2n) is 3.07. The Kier molecular flexibility index (Phi) is 3.78. The molecule has 9 heteroatoms. The van der Waals surface area contributed by atoms with Crippen LogP contribution in [0, 0.1) is 0 Å². The largest absolute Gasteiger partial charge is 0.479 e. The van der Waals surface area contributed by atoms with Crippen molar-refractivity contribution in [1.29, 1.82) is 0 Å². The highest BCUT2D eigenvalue weighted by Gasteiger charge is 2.15. The van der Waals surface area contributed by atoms with Crippen LogP contribution in [-0.4, -0.2) is 44.7 Å². The molecule has 1 aromatic heterocycles. The van der Waals surface area contributed by atoms with E-state index >= 15 is 0 Å². The standard InChI is InChI=1S/C8H9N3O6/c12-4(7(15)16)2-9-6(14)3-1-5(13)11-8(17)10-3/h1,4,12H,2H2,(H,9,14)(H,15,16)(H2,10,11,13,17). The van der Waals surface area contributed by atoms with E-state index < -0.39 is 35.8 Å². The molecular weight excluding hydrogens is 234 g/mol. The first kappa shape index (κ1) is 12.6. The first-order valence-corrected chi connectivity index (χ1v) is 4.43. The number of rotatable bonds is 4. The number of aliphatic carboxylic acids is 1. The van der Waals surface area contributed by atoms with Crippen LogP contribution < -0.4 is 16.6 Å². The van der Waals surface area contributed by atoms with Crippen LogP contribution in [0.2, 0.25) is 0 Å². The molecule has 1 atom stereocenters. The lowest BCUT2D eigenvalue weighted by Crippen LogP contribution is -2.38. The van der Waals surface area contributed by atoms with E-state index in [1.54, 1.807) is 0 Å². The number of carbonyl (C=O) groups is 2. The normalized spacial score (nSPS) is 11.8. The molecule has 1 aromatic rings. The van der Waals surface area contributed by atoms with Crippen LogP contribution in [0.15, 0.2) is 15.7 Å². The summed E-state index contributed by atoms with van der Waals surface area (Å²) in [5.74, 6) is -2.36. The average molecular weight is 243 g/mol. The third-order valence-corrected chi connectivity index (χ3v) is 1.75. The maximum Gasteiger partial charge on any atom is 0.334 e. The van der Waals surface area contributed by atoms with E-state index in [4.69, 9.17) is 10.2 Å². The second kappa shape index (κ2) is 5.07. The third-order valence-electron chi connectivity index (χ3n) is 1.75. The van der Waals surface area contributed by atoms with Crippen molar-refractivity contribution >= 4 is 11.9 Å². The van der Waals surface area contributed by atoms with Crippen LogP contribution >= 0.6 is 0 Å². The van der Waals surface area contributed by atoms with E-state index in [1.165, 1.54) is 0 Å². The second-order valence-corrected chi connectivity index (χ2v) is 3.07. The predicted molar refractivity (Wildman–Crippen MR) is 53.7 cm³/mol. The molecule has 0 bridgehead atoms. The van der Waals surface area contributed by atoms with Crippen molar-refractivity contribution in [3.05, 3.63) is 32.6 Å². The topological polar surface area (TPSA) is 152 Å². The molecule has 0 aliphatic heterocycles. The average Bonchev–Trinajstić information content (AvgIpc) is 2.23. The number of amides is 1. The molecule has 0 saturated heterocycles. The van der Waals surface area contributed by atoms with Crippen molar-refractivity contribution in [3.8, 4) is 0 Å². The summed E-state index contributed by atoms with van der Waals surface area (Å²) >= 11 is 0. The molecule has 1 unspecified atom stereocenters. The molecule has 0 spiro atoms. The number of carbonyl (C=O) groups excluding carboxylic acids is 1. The number of nitrogens with one attached hydrogen (secondary N) is 3. The summed E-state index contributed by atoms with van der Waals surface area (Å²) in [4.78, 5) is 47.2. The Balaban J connectivity index is 2.74. The number of H-pyrrole nitrogens is 2. The number of carboxylic acids is 1. The summed E-state index contributed by atoms with van der Waals surface area (Å²) < 4.78 is 0. The highest BCUT2D eigenvalue weighted by Crippen LogP contribution is 1.87. The fourth-order valence-electron chi connectivity index (χ4n) is 0.963. The fourth-order valence-corrected chi connectivity index (χ4v) is 0.963. The Morgan fingerprint density at radius 2 is 2.00 bits per heavy atom. The maximum atomic E-state index is 11.3. The number of hydrogen-bond acceptors (Lipinski definition) is 5. The first-order chi connectivity index (χ1) is 7.90. The van der Waals surface area contributed by atoms with E-state index in [0.29, 0.717) is 0 Å². The highest BCUT2D eigenvalue weighted by atomic mass is 16.4. The van der Waals surface area contributed by atoms with E-state index in [-0.39, 0.29) is 5.69 Å². The van der Waals surface area contributed by atoms with Gasteiger partial charge in [-0.25, -0.2) is 9.59 Å². The molecule has 0 aliphatic carbocycles. The quantitative estimate of drug-likeness (QED) is 0.386. The number of aliphatic hydroxyl groups excluding tert-OH is 1. The molecule has 0 aromatic carbocycles. The van der Waals surface area contributed by atoms with Gasteiger partial charge in [0.2, 0.25) is 0 Å². The van der Waals surface area contributed by atoms with Gasteiger partial charge in [-0.1, -0.05) is 0 Å². The Morgan fingerprint density at radius 1 is 1.35 bits per heavy atom. The molecule has 0 aliphatic rings. The van der Waals surface area contributed by atoms with Gasteiger partial charge in [0, 0.05) is 6.07 Å². The van der Waals surface area contributed by atoms with Crippen LogP contribution in [-0.2, 0) is 4.79 Å². The molecule has 92 valence electrons.